The standard InChI is InChI=1S/C17H19N3O4S/c1-17(2)12(15(22)23)19-8-10(14(19)25-17)20-13(21)11(18-16(20)24)9-6-4-3-5-7-9/h3-7,10-12,14H,8H2,1-2H3,(H,18,24)(H,22,23)/t10-,11?,12+,14-/m1/s1. The molecule has 0 spiro atoms. The van der Waals surface area contributed by atoms with E-state index >= 15 is 0 Å². The van der Waals surface area contributed by atoms with Crippen molar-refractivity contribution in [2.45, 2.75) is 42.1 Å². The number of carboxylic acid groups (broad SMARTS) is 1. The molecule has 0 aliphatic carbocycles. The van der Waals surface area contributed by atoms with Gasteiger partial charge in [0.2, 0.25) is 0 Å². The van der Waals surface area contributed by atoms with Crippen LogP contribution in [0.15, 0.2) is 30.3 Å². The van der Waals surface area contributed by atoms with Crippen LogP contribution in [-0.4, -0.2) is 61.6 Å². The van der Waals surface area contributed by atoms with E-state index in [2.05, 4.69) is 5.32 Å². The molecule has 2 N–H and O–H groups in total. The van der Waals surface area contributed by atoms with Crippen LogP contribution in [0.5, 0.6) is 0 Å². The number of benzene rings is 1. The number of nitrogens with zero attached hydrogens (tertiary/aromatic N) is 2. The molecule has 0 saturated carbocycles. The lowest BCUT2D eigenvalue weighted by atomic mass is 9.96. The maximum atomic E-state index is 12.8. The number of urea groups is 1. The number of carbonyl (C=O) groups excluding carboxylic acids is 2. The fraction of sp³-hybridized carbons (Fsp3) is 0.471. The highest BCUT2D eigenvalue weighted by Crippen LogP contribution is 2.52. The van der Waals surface area contributed by atoms with Gasteiger partial charge in [0.05, 0.1) is 11.4 Å². The monoisotopic (exact) mass is 361 g/mol. The number of amides is 3. The normalized spacial score (nSPS) is 33.8. The van der Waals surface area contributed by atoms with Crippen molar-refractivity contribution in [3.8, 4) is 0 Å². The predicted molar refractivity (Wildman–Crippen MR) is 91.9 cm³/mol. The van der Waals surface area contributed by atoms with Crippen molar-refractivity contribution in [2.24, 2.45) is 0 Å². The van der Waals surface area contributed by atoms with Gasteiger partial charge in [-0.15, -0.1) is 11.8 Å². The number of imide groups is 1. The van der Waals surface area contributed by atoms with Gasteiger partial charge in [-0.1, -0.05) is 30.3 Å². The van der Waals surface area contributed by atoms with E-state index in [4.69, 9.17) is 0 Å². The maximum Gasteiger partial charge on any atom is 0.325 e. The second-order valence-corrected chi connectivity index (χ2v) is 8.89. The molecule has 8 heteroatoms. The van der Waals surface area contributed by atoms with Gasteiger partial charge in [0.15, 0.2) is 0 Å². The van der Waals surface area contributed by atoms with Crippen LogP contribution in [-0.2, 0) is 9.59 Å². The lowest BCUT2D eigenvalue weighted by Gasteiger charge is -2.47. The molecule has 3 heterocycles. The third kappa shape index (κ3) is 2.35. The Labute approximate surface area is 149 Å². The van der Waals surface area contributed by atoms with Crippen molar-refractivity contribution in [3.63, 3.8) is 0 Å². The molecule has 3 aliphatic heterocycles. The van der Waals surface area contributed by atoms with Crippen LogP contribution in [0, 0.1) is 0 Å². The second-order valence-electron chi connectivity index (χ2n) is 7.12. The summed E-state index contributed by atoms with van der Waals surface area (Å²) in [6.45, 7) is 4.19. The van der Waals surface area contributed by atoms with Gasteiger partial charge in [0.1, 0.15) is 12.1 Å². The molecule has 0 radical (unpaired) electrons. The van der Waals surface area contributed by atoms with E-state index in [1.54, 1.807) is 0 Å². The number of nitrogens with one attached hydrogen (secondary N) is 1. The second kappa shape index (κ2) is 5.47. The van der Waals surface area contributed by atoms with Gasteiger partial charge in [-0.3, -0.25) is 19.4 Å². The number of fused-ring (bicyclic) bond motifs is 1. The van der Waals surface area contributed by atoms with E-state index in [1.807, 2.05) is 49.1 Å². The molecule has 1 aromatic rings. The van der Waals surface area contributed by atoms with E-state index in [0.29, 0.717) is 6.54 Å². The molecule has 132 valence electrons. The molecule has 0 bridgehead atoms. The first-order valence-corrected chi connectivity index (χ1v) is 9.04. The summed E-state index contributed by atoms with van der Waals surface area (Å²) in [5.74, 6) is -1.13. The van der Waals surface area contributed by atoms with Gasteiger partial charge in [0.25, 0.3) is 5.91 Å². The molecule has 25 heavy (non-hydrogen) atoms. The molecule has 1 unspecified atom stereocenters. The number of rotatable bonds is 3. The van der Waals surface area contributed by atoms with Crippen molar-refractivity contribution in [1.29, 1.82) is 0 Å². The quantitative estimate of drug-likeness (QED) is 0.788. The van der Waals surface area contributed by atoms with Gasteiger partial charge in [-0.25, -0.2) is 4.79 Å². The minimum absolute atomic E-state index is 0.166. The average Bonchev–Trinajstić information content (AvgIpc) is 2.95. The van der Waals surface area contributed by atoms with E-state index in [1.165, 1.54) is 16.7 Å². The van der Waals surface area contributed by atoms with E-state index in [9.17, 15) is 19.5 Å². The number of thioether (sulfide) groups is 1. The zero-order valence-electron chi connectivity index (χ0n) is 13.9. The van der Waals surface area contributed by atoms with Crippen LogP contribution < -0.4 is 5.32 Å². The Balaban J connectivity index is 1.55. The van der Waals surface area contributed by atoms with Crippen molar-refractivity contribution < 1.29 is 19.5 Å². The third-order valence-corrected chi connectivity index (χ3v) is 6.80. The smallest absolute Gasteiger partial charge is 0.325 e. The summed E-state index contributed by atoms with van der Waals surface area (Å²) in [5.41, 5.74) is 0.752. The highest BCUT2D eigenvalue weighted by Gasteiger charge is 2.62. The Morgan fingerprint density at radius 1 is 1.28 bits per heavy atom. The van der Waals surface area contributed by atoms with Crippen LogP contribution >= 0.6 is 11.8 Å². The summed E-state index contributed by atoms with van der Waals surface area (Å²) in [6, 6.07) is 7.17. The predicted octanol–water partition coefficient (Wildman–Crippen LogP) is 1.27. The van der Waals surface area contributed by atoms with Crippen LogP contribution in [0.4, 0.5) is 4.79 Å². The zero-order valence-corrected chi connectivity index (χ0v) is 14.7. The fourth-order valence-corrected chi connectivity index (χ4v) is 5.69. The molecular formula is C17H19N3O4S. The molecular weight excluding hydrogens is 342 g/mol. The summed E-state index contributed by atoms with van der Waals surface area (Å²) < 4.78 is -0.469. The first-order chi connectivity index (χ1) is 11.8. The summed E-state index contributed by atoms with van der Waals surface area (Å²) in [7, 11) is 0. The average molecular weight is 361 g/mol. The van der Waals surface area contributed by atoms with E-state index in [-0.39, 0.29) is 17.3 Å². The first-order valence-electron chi connectivity index (χ1n) is 8.16. The number of carbonyl (C=O) groups is 3. The van der Waals surface area contributed by atoms with Gasteiger partial charge in [-0.2, -0.15) is 0 Å². The number of carboxylic acids is 1. The summed E-state index contributed by atoms with van der Waals surface area (Å²) in [6.07, 6.45) is 0. The summed E-state index contributed by atoms with van der Waals surface area (Å²) >= 11 is 1.52. The molecule has 3 saturated heterocycles. The van der Waals surface area contributed by atoms with Crippen LogP contribution in [0.2, 0.25) is 0 Å². The lowest BCUT2D eigenvalue weighted by molar-refractivity contribution is -0.148. The first kappa shape index (κ1) is 16.4. The SMILES string of the molecule is CC1(C)S[C@@H]2[C@H](N3C(=O)NC(c4ccccc4)C3=O)CN2[C@H]1C(=O)O. The highest BCUT2D eigenvalue weighted by molar-refractivity contribution is 8.01. The van der Waals surface area contributed by atoms with Crippen molar-refractivity contribution in [3.05, 3.63) is 35.9 Å². The fourth-order valence-electron chi connectivity index (χ4n) is 3.99. The van der Waals surface area contributed by atoms with Crippen LogP contribution in [0.1, 0.15) is 25.5 Å². The Kier molecular flexibility index (Phi) is 3.59. The molecule has 0 aromatic heterocycles. The molecule has 7 nitrogen and oxygen atoms in total. The Hall–Kier alpha value is -2.06. The zero-order chi connectivity index (χ0) is 17.9. The maximum absolute atomic E-state index is 12.8. The van der Waals surface area contributed by atoms with Gasteiger partial charge >= 0.3 is 12.0 Å². The summed E-state index contributed by atoms with van der Waals surface area (Å²) in [5, 5.41) is 12.1. The number of hydrogen-bond donors (Lipinski definition) is 2. The molecule has 4 atom stereocenters. The van der Waals surface area contributed by atoms with E-state index < -0.39 is 28.8 Å². The topological polar surface area (TPSA) is 90.0 Å². The highest BCUT2D eigenvalue weighted by atomic mass is 32.2. The molecule has 3 aliphatic rings. The van der Waals surface area contributed by atoms with Crippen LogP contribution in [0.3, 0.4) is 0 Å². The lowest BCUT2D eigenvalue weighted by Crippen LogP contribution is -2.67. The molecule has 3 fully saturated rings. The van der Waals surface area contributed by atoms with Gasteiger partial charge in [-0.05, 0) is 19.4 Å². The molecule has 1 aromatic carbocycles. The minimum atomic E-state index is -0.863. The Morgan fingerprint density at radius 2 is 1.96 bits per heavy atom. The summed E-state index contributed by atoms with van der Waals surface area (Å²) in [4.78, 5) is 40.0. The number of aliphatic carboxylic acids is 1. The Bertz CT molecular complexity index is 754. The van der Waals surface area contributed by atoms with E-state index in [0.717, 1.165) is 5.56 Å². The van der Waals surface area contributed by atoms with Crippen molar-refractivity contribution in [1.82, 2.24) is 15.1 Å². The number of hydrogen-bond acceptors (Lipinski definition) is 5. The van der Waals surface area contributed by atoms with Crippen LogP contribution in [0.25, 0.3) is 0 Å². The van der Waals surface area contributed by atoms with Gasteiger partial charge < -0.3 is 10.4 Å². The van der Waals surface area contributed by atoms with Crippen molar-refractivity contribution >= 4 is 29.7 Å². The third-order valence-electron chi connectivity index (χ3n) is 5.14. The molecule has 4 rings (SSSR count). The largest absolute Gasteiger partial charge is 0.480 e. The Morgan fingerprint density at radius 3 is 2.60 bits per heavy atom. The molecule has 3 amide bonds. The van der Waals surface area contributed by atoms with Crippen molar-refractivity contribution in [2.75, 3.05) is 6.54 Å². The minimum Gasteiger partial charge on any atom is -0.480 e. The van der Waals surface area contributed by atoms with Gasteiger partial charge in [0, 0.05) is 11.3 Å².